The number of benzene rings is 1. The monoisotopic (exact) mass is 357 g/mol. The highest BCUT2D eigenvalue weighted by molar-refractivity contribution is 6.32. The fraction of sp³-hybridized carbons (Fsp3) is 0.667. The van der Waals surface area contributed by atoms with Gasteiger partial charge in [-0.15, -0.1) is 0 Å². The summed E-state index contributed by atoms with van der Waals surface area (Å²) in [7, 11) is 0. The van der Waals surface area contributed by atoms with Crippen molar-refractivity contribution >= 4 is 11.6 Å². The van der Waals surface area contributed by atoms with E-state index in [0.717, 1.165) is 25.9 Å². The molecule has 1 N–H and O–H groups in total. The Balaban J connectivity index is 1.56. The normalized spacial score (nSPS) is 31.3. The van der Waals surface area contributed by atoms with Gasteiger partial charge in [-0.1, -0.05) is 11.6 Å². The molecule has 0 bridgehead atoms. The van der Waals surface area contributed by atoms with E-state index in [0.29, 0.717) is 38.0 Å². The van der Waals surface area contributed by atoms with E-state index in [4.69, 9.17) is 21.1 Å². The number of likely N-dealkylation sites (tertiary alicyclic amines) is 1. The first kappa shape index (κ1) is 17.9. The molecule has 0 aromatic heterocycles. The summed E-state index contributed by atoms with van der Waals surface area (Å²) in [5.41, 5.74) is -0.674. The second-order valence-electron chi connectivity index (χ2n) is 6.96. The third kappa shape index (κ3) is 4.02. The highest BCUT2D eigenvalue weighted by Gasteiger charge is 2.43. The Morgan fingerprint density at radius 3 is 3.08 bits per heavy atom. The molecule has 2 aliphatic rings. The van der Waals surface area contributed by atoms with Gasteiger partial charge in [0.05, 0.1) is 17.2 Å². The summed E-state index contributed by atoms with van der Waals surface area (Å²) in [6.07, 6.45) is 2.87. The molecular formula is C18H25ClFNO3. The molecule has 3 rings (SSSR count). The maximum absolute atomic E-state index is 13.1. The number of aliphatic hydroxyl groups is 1. The Morgan fingerprint density at radius 2 is 2.33 bits per heavy atom. The number of hydrogen-bond donors (Lipinski definition) is 1. The topological polar surface area (TPSA) is 41.9 Å². The van der Waals surface area contributed by atoms with E-state index < -0.39 is 5.60 Å². The van der Waals surface area contributed by atoms with Crippen LogP contribution < -0.4 is 4.74 Å². The summed E-state index contributed by atoms with van der Waals surface area (Å²) in [5.74, 6) is 0.261. The fourth-order valence-electron chi connectivity index (χ4n) is 3.83. The molecule has 24 heavy (non-hydrogen) atoms. The molecular weight excluding hydrogens is 333 g/mol. The molecule has 0 spiro atoms. The van der Waals surface area contributed by atoms with Crippen LogP contribution in [0, 0.1) is 11.7 Å². The Labute approximate surface area is 147 Å². The Hall–Kier alpha value is -0.880. The number of ether oxygens (including phenoxy) is 2. The quantitative estimate of drug-likeness (QED) is 0.879. The van der Waals surface area contributed by atoms with Gasteiger partial charge in [-0.3, -0.25) is 4.90 Å². The molecule has 0 unspecified atom stereocenters. The van der Waals surface area contributed by atoms with E-state index in [2.05, 4.69) is 4.90 Å². The summed E-state index contributed by atoms with van der Waals surface area (Å²) in [6.45, 7) is 5.40. The van der Waals surface area contributed by atoms with E-state index in [-0.39, 0.29) is 16.8 Å². The van der Waals surface area contributed by atoms with Gasteiger partial charge >= 0.3 is 0 Å². The number of nitrogens with zero attached hydrogens (tertiary/aromatic N) is 1. The van der Waals surface area contributed by atoms with Crippen LogP contribution in [0.5, 0.6) is 5.75 Å². The molecule has 2 fully saturated rings. The molecule has 1 aromatic rings. The standard InChI is InChI=1S/C18H25ClFNO3/c1-18(22)6-9-23-12-14(18)16-3-2-7-21(16)8-10-24-17-5-4-13(20)11-15(17)19/h4-5,11,14,16,22H,2-3,6-10,12H2,1H3/t14-,16-,18-/m0/s1. The van der Waals surface area contributed by atoms with E-state index in [1.165, 1.54) is 12.1 Å². The van der Waals surface area contributed by atoms with Gasteiger partial charge in [0.1, 0.15) is 18.2 Å². The lowest BCUT2D eigenvalue weighted by atomic mass is 9.79. The third-order valence-corrected chi connectivity index (χ3v) is 5.55. The average Bonchev–Trinajstić information content (AvgIpc) is 2.97. The van der Waals surface area contributed by atoms with Crippen molar-refractivity contribution in [3.63, 3.8) is 0 Å². The zero-order valence-electron chi connectivity index (χ0n) is 14.0. The maximum atomic E-state index is 13.1. The van der Waals surface area contributed by atoms with Gasteiger partial charge < -0.3 is 14.6 Å². The van der Waals surface area contributed by atoms with Crippen molar-refractivity contribution in [2.75, 3.05) is 32.9 Å². The smallest absolute Gasteiger partial charge is 0.138 e. The van der Waals surface area contributed by atoms with Gasteiger partial charge in [-0.2, -0.15) is 0 Å². The molecule has 2 saturated heterocycles. The van der Waals surface area contributed by atoms with Crippen molar-refractivity contribution in [1.82, 2.24) is 4.90 Å². The largest absolute Gasteiger partial charge is 0.491 e. The number of rotatable bonds is 5. The third-order valence-electron chi connectivity index (χ3n) is 5.26. The van der Waals surface area contributed by atoms with E-state index in [1.54, 1.807) is 6.07 Å². The van der Waals surface area contributed by atoms with Crippen molar-refractivity contribution in [3.05, 3.63) is 29.0 Å². The number of halogens is 2. The minimum absolute atomic E-state index is 0.128. The number of hydrogen-bond acceptors (Lipinski definition) is 4. The fourth-order valence-corrected chi connectivity index (χ4v) is 4.05. The first-order chi connectivity index (χ1) is 11.5. The first-order valence-corrected chi connectivity index (χ1v) is 8.97. The van der Waals surface area contributed by atoms with Crippen LogP contribution in [0.15, 0.2) is 18.2 Å². The van der Waals surface area contributed by atoms with E-state index in [1.807, 2.05) is 6.92 Å². The van der Waals surface area contributed by atoms with Crippen LogP contribution in [0.1, 0.15) is 26.2 Å². The molecule has 134 valence electrons. The van der Waals surface area contributed by atoms with Gasteiger partial charge in [-0.25, -0.2) is 4.39 Å². The van der Waals surface area contributed by atoms with Crippen LogP contribution >= 0.6 is 11.6 Å². The highest BCUT2D eigenvalue weighted by atomic mass is 35.5. The highest BCUT2D eigenvalue weighted by Crippen LogP contribution is 2.35. The van der Waals surface area contributed by atoms with E-state index in [9.17, 15) is 9.50 Å². The SMILES string of the molecule is C[C@]1(O)CCOC[C@H]1[C@@H]1CCCN1CCOc1ccc(F)cc1Cl. The van der Waals surface area contributed by atoms with Gasteiger partial charge in [0, 0.05) is 25.1 Å². The molecule has 0 saturated carbocycles. The molecule has 0 amide bonds. The Kier molecular flexibility index (Phi) is 5.65. The second-order valence-corrected chi connectivity index (χ2v) is 7.36. The summed E-state index contributed by atoms with van der Waals surface area (Å²) >= 11 is 5.98. The van der Waals surface area contributed by atoms with Crippen LogP contribution in [0.4, 0.5) is 4.39 Å². The molecule has 4 nitrogen and oxygen atoms in total. The molecule has 3 atom stereocenters. The summed E-state index contributed by atoms with van der Waals surface area (Å²) in [5, 5.41) is 11.0. The van der Waals surface area contributed by atoms with Crippen molar-refractivity contribution in [2.45, 2.75) is 37.8 Å². The lowest BCUT2D eigenvalue weighted by Gasteiger charge is -2.43. The van der Waals surface area contributed by atoms with Gasteiger partial charge in [0.15, 0.2) is 0 Å². The zero-order chi connectivity index (χ0) is 17.2. The van der Waals surface area contributed by atoms with Crippen molar-refractivity contribution in [2.24, 2.45) is 5.92 Å². The minimum atomic E-state index is -0.674. The Bertz CT molecular complexity index is 569. The molecule has 1 aromatic carbocycles. The van der Waals surface area contributed by atoms with Crippen LogP contribution in [-0.4, -0.2) is 54.6 Å². The Morgan fingerprint density at radius 1 is 1.50 bits per heavy atom. The average molecular weight is 358 g/mol. The molecule has 2 aliphatic heterocycles. The maximum Gasteiger partial charge on any atom is 0.138 e. The molecule has 6 heteroatoms. The minimum Gasteiger partial charge on any atom is -0.491 e. The summed E-state index contributed by atoms with van der Waals surface area (Å²) < 4.78 is 24.4. The molecule has 2 heterocycles. The van der Waals surface area contributed by atoms with Crippen LogP contribution in [0.2, 0.25) is 5.02 Å². The zero-order valence-corrected chi connectivity index (χ0v) is 14.8. The van der Waals surface area contributed by atoms with Crippen LogP contribution in [0.3, 0.4) is 0 Å². The second kappa shape index (κ2) is 7.56. The summed E-state index contributed by atoms with van der Waals surface area (Å²) in [4.78, 5) is 2.37. The van der Waals surface area contributed by atoms with Crippen molar-refractivity contribution in [3.8, 4) is 5.75 Å². The predicted molar refractivity (Wildman–Crippen MR) is 91.0 cm³/mol. The van der Waals surface area contributed by atoms with Gasteiger partial charge in [0.2, 0.25) is 0 Å². The molecule has 0 aliphatic carbocycles. The van der Waals surface area contributed by atoms with Crippen LogP contribution in [-0.2, 0) is 4.74 Å². The molecule has 0 radical (unpaired) electrons. The lowest BCUT2D eigenvalue weighted by molar-refractivity contribution is -0.123. The van der Waals surface area contributed by atoms with Crippen molar-refractivity contribution in [1.29, 1.82) is 0 Å². The van der Waals surface area contributed by atoms with Crippen LogP contribution in [0.25, 0.3) is 0 Å². The predicted octanol–water partition coefficient (Wildman–Crippen LogP) is 3.11. The lowest BCUT2D eigenvalue weighted by Crippen LogP contribution is -2.53. The van der Waals surface area contributed by atoms with Crippen molar-refractivity contribution < 1.29 is 19.0 Å². The van der Waals surface area contributed by atoms with Gasteiger partial charge in [0.25, 0.3) is 0 Å². The van der Waals surface area contributed by atoms with Gasteiger partial charge in [-0.05, 0) is 50.9 Å². The first-order valence-electron chi connectivity index (χ1n) is 8.59. The van der Waals surface area contributed by atoms with E-state index >= 15 is 0 Å². The summed E-state index contributed by atoms with van der Waals surface area (Å²) in [6, 6.07) is 4.47.